The lowest BCUT2D eigenvalue weighted by Crippen LogP contribution is -2.49. The first-order valence-corrected chi connectivity index (χ1v) is 7.91. The molecule has 0 aromatic rings. The lowest BCUT2D eigenvalue weighted by atomic mass is 10.1. The minimum Gasteiger partial charge on any atom is -0.308 e. The highest BCUT2D eigenvalue weighted by molar-refractivity contribution is 9.09. The molecule has 17 heavy (non-hydrogen) atoms. The van der Waals surface area contributed by atoms with Crippen LogP contribution in [0.4, 0.5) is 0 Å². The maximum atomic E-state index is 3.67. The van der Waals surface area contributed by atoms with Crippen molar-refractivity contribution in [1.29, 1.82) is 0 Å². The maximum Gasteiger partial charge on any atom is 0.0110 e. The van der Waals surface area contributed by atoms with Crippen molar-refractivity contribution in [2.24, 2.45) is 5.41 Å². The first kappa shape index (κ1) is 13.8. The van der Waals surface area contributed by atoms with Crippen LogP contribution in [0.3, 0.4) is 0 Å². The molecule has 0 amide bonds. The topological polar surface area (TPSA) is 9.72 Å². The number of hydrogen-bond acceptors (Lipinski definition) is 3. The highest BCUT2D eigenvalue weighted by Gasteiger charge is 2.42. The van der Waals surface area contributed by atoms with E-state index in [-0.39, 0.29) is 0 Å². The summed E-state index contributed by atoms with van der Waals surface area (Å²) in [6, 6.07) is 0. The Morgan fingerprint density at radius 2 is 1.65 bits per heavy atom. The maximum absolute atomic E-state index is 3.67. The summed E-state index contributed by atoms with van der Waals surface area (Å²) in [5, 5.41) is 1.20. The average molecular weight is 304 g/mol. The summed E-state index contributed by atoms with van der Waals surface area (Å²) in [5.74, 6) is 0. The molecule has 1 heterocycles. The number of likely N-dealkylation sites (N-methyl/N-ethyl adjacent to an activating group) is 1. The van der Waals surface area contributed by atoms with E-state index >= 15 is 0 Å². The standard InChI is InChI=1S/C13H26BrN3/c1-15(2)5-6-16-7-9-17(10-8-16)12-13(11-14)3-4-13/h3-12H2,1-2H3. The summed E-state index contributed by atoms with van der Waals surface area (Å²) in [7, 11) is 4.31. The Hall–Kier alpha value is 0.360. The molecule has 2 fully saturated rings. The second kappa shape index (κ2) is 6.00. The fourth-order valence-corrected chi connectivity index (χ4v) is 3.24. The summed E-state index contributed by atoms with van der Waals surface area (Å²) < 4.78 is 0. The van der Waals surface area contributed by atoms with Gasteiger partial charge in [0.1, 0.15) is 0 Å². The molecule has 1 aliphatic carbocycles. The molecule has 0 spiro atoms. The highest BCUT2D eigenvalue weighted by atomic mass is 79.9. The molecular formula is C13H26BrN3. The number of halogens is 1. The molecule has 1 saturated heterocycles. The quantitative estimate of drug-likeness (QED) is 0.686. The summed E-state index contributed by atoms with van der Waals surface area (Å²) >= 11 is 3.67. The molecule has 1 saturated carbocycles. The molecule has 4 heteroatoms. The van der Waals surface area contributed by atoms with Gasteiger partial charge in [-0.05, 0) is 32.4 Å². The zero-order valence-electron chi connectivity index (χ0n) is 11.3. The molecule has 1 aliphatic heterocycles. The lowest BCUT2D eigenvalue weighted by molar-refractivity contribution is 0.111. The molecule has 2 aliphatic rings. The van der Waals surface area contributed by atoms with Crippen LogP contribution in [-0.2, 0) is 0 Å². The normalized spacial score (nSPS) is 25.4. The Morgan fingerprint density at radius 3 is 2.12 bits per heavy atom. The van der Waals surface area contributed by atoms with Gasteiger partial charge in [0.05, 0.1) is 0 Å². The van der Waals surface area contributed by atoms with Crippen molar-refractivity contribution in [3.63, 3.8) is 0 Å². The van der Waals surface area contributed by atoms with Gasteiger partial charge in [-0.15, -0.1) is 0 Å². The number of rotatable bonds is 6. The van der Waals surface area contributed by atoms with E-state index in [1.807, 2.05) is 0 Å². The molecule has 0 unspecified atom stereocenters. The van der Waals surface area contributed by atoms with Crippen LogP contribution < -0.4 is 0 Å². The first-order chi connectivity index (χ1) is 8.13. The van der Waals surface area contributed by atoms with E-state index in [2.05, 4.69) is 44.7 Å². The molecule has 0 aromatic carbocycles. The number of hydrogen-bond donors (Lipinski definition) is 0. The second-order valence-corrected chi connectivity index (χ2v) is 6.62. The zero-order valence-corrected chi connectivity index (χ0v) is 12.9. The van der Waals surface area contributed by atoms with Crippen molar-refractivity contribution in [2.75, 3.05) is 65.2 Å². The minimum absolute atomic E-state index is 0.645. The van der Waals surface area contributed by atoms with Crippen LogP contribution in [0.1, 0.15) is 12.8 Å². The third kappa shape index (κ3) is 4.19. The Bertz CT molecular complexity index is 233. The Morgan fingerprint density at radius 1 is 1.06 bits per heavy atom. The second-order valence-electron chi connectivity index (χ2n) is 6.05. The monoisotopic (exact) mass is 303 g/mol. The van der Waals surface area contributed by atoms with Gasteiger partial charge < -0.3 is 9.80 Å². The van der Waals surface area contributed by atoms with Crippen molar-refractivity contribution < 1.29 is 0 Å². The summed E-state index contributed by atoms with van der Waals surface area (Å²) in [4.78, 5) is 7.54. The van der Waals surface area contributed by atoms with Gasteiger partial charge in [0.15, 0.2) is 0 Å². The first-order valence-electron chi connectivity index (χ1n) is 6.79. The van der Waals surface area contributed by atoms with Crippen LogP contribution in [0.2, 0.25) is 0 Å². The minimum atomic E-state index is 0.645. The SMILES string of the molecule is CN(C)CCN1CCN(CC2(CBr)CC2)CC1. The molecule has 0 aromatic heterocycles. The third-order valence-electron chi connectivity index (χ3n) is 4.13. The van der Waals surface area contributed by atoms with Crippen molar-refractivity contribution in [3.05, 3.63) is 0 Å². The largest absolute Gasteiger partial charge is 0.308 e. The summed E-state index contributed by atoms with van der Waals surface area (Å²) in [6.07, 6.45) is 2.86. The van der Waals surface area contributed by atoms with E-state index < -0.39 is 0 Å². The highest BCUT2D eigenvalue weighted by Crippen LogP contribution is 2.47. The number of nitrogens with zero attached hydrogens (tertiary/aromatic N) is 3. The fraction of sp³-hybridized carbons (Fsp3) is 1.00. The Balaban J connectivity index is 1.64. The Labute approximate surface area is 114 Å². The molecular weight excluding hydrogens is 278 g/mol. The molecule has 0 bridgehead atoms. The van der Waals surface area contributed by atoms with Gasteiger partial charge in [-0.1, -0.05) is 15.9 Å². The third-order valence-corrected chi connectivity index (χ3v) is 5.32. The van der Waals surface area contributed by atoms with Gasteiger partial charge in [0.2, 0.25) is 0 Å². The summed E-state index contributed by atoms with van der Waals surface area (Å²) in [6.45, 7) is 8.78. The average Bonchev–Trinajstić information content (AvgIpc) is 3.09. The number of piperazine rings is 1. The van der Waals surface area contributed by atoms with E-state index in [4.69, 9.17) is 0 Å². The lowest BCUT2D eigenvalue weighted by Gasteiger charge is -2.36. The van der Waals surface area contributed by atoms with Crippen LogP contribution in [0, 0.1) is 5.41 Å². The van der Waals surface area contributed by atoms with Crippen LogP contribution in [0.25, 0.3) is 0 Å². The molecule has 100 valence electrons. The van der Waals surface area contributed by atoms with Gasteiger partial charge in [-0.2, -0.15) is 0 Å². The van der Waals surface area contributed by atoms with E-state index in [9.17, 15) is 0 Å². The smallest absolute Gasteiger partial charge is 0.0110 e. The van der Waals surface area contributed by atoms with Crippen molar-refractivity contribution in [3.8, 4) is 0 Å². The van der Waals surface area contributed by atoms with E-state index in [0.29, 0.717) is 5.41 Å². The molecule has 0 N–H and O–H groups in total. The van der Waals surface area contributed by atoms with Crippen LogP contribution in [0.15, 0.2) is 0 Å². The van der Waals surface area contributed by atoms with E-state index in [0.717, 1.165) is 0 Å². The predicted octanol–water partition coefficient (Wildman–Crippen LogP) is 1.34. The molecule has 0 atom stereocenters. The van der Waals surface area contributed by atoms with E-state index in [1.165, 1.54) is 64.0 Å². The molecule has 2 rings (SSSR count). The van der Waals surface area contributed by atoms with Gasteiger partial charge in [0.25, 0.3) is 0 Å². The van der Waals surface area contributed by atoms with Crippen molar-refractivity contribution >= 4 is 15.9 Å². The van der Waals surface area contributed by atoms with Gasteiger partial charge in [-0.25, -0.2) is 0 Å². The molecule has 3 nitrogen and oxygen atoms in total. The van der Waals surface area contributed by atoms with Gasteiger partial charge >= 0.3 is 0 Å². The summed E-state index contributed by atoms with van der Waals surface area (Å²) in [5.41, 5.74) is 0.645. The fourth-order valence-electron chi connectivity index (χ4n) is 2.50. The van der Waals surface area contributed by atoms with Crippen LogP contribution >= 0.6 is 15.9 Å². The van der Waals surface area contributed by atoms with Crippen molar-refractivity contribution in [2.45, 2.75) is 12.8 Å². The predicted molar refractivity (Wildman–Crippen MR) is 76.9 cm³/mol. The van der Waals surface area contributed by atoms with Crippen LogP contribution in [0.5, 0.6) is 0 Å². The van der Waals surface area contributed by atoms with Gasteiger partial charge in [0, 0.05) is 51.1 Å². The Kier molecular flexibility index (Phi) is 4.87. The van der Waals surface area contributed by atoms with Crippen LogP contribution in [-0.4, -0.2) is 79.9 Å². The number of alkyl halides is 1. The zero-order chi connectivity index (χ0) is 12.3. The van der Waals surface area contributed by atoms with E-state index in [1.54, 1.807) is 0 Å². The molecule has 0 radical (unpaired) electrons. The van der Waals surface area contributed by atoms with Crippen molar-refractivity contribution in [1.82, 2.24) is 14.7 Å². The van der Waals surface area contributed by atoms with Gasteiger partial charge in [-0.3, -0.25) is 4.90 Å².